The Morgan fingerprint density at radius 1 is 0.893 bits per heavy atom. The summed E-state index contributed by atoms with van der Waals surface area (Å²) in [5.41, 5.74) is 0.346. The van der Waals surface area contributed by atoms with Crippen molar-refractivity contribution >= 4 is 11.8 Å². The monoisotopic (exact) mass is 396 g/mol. The third-order valence-corrected chi connectivity index (χ3v) is 7.02. The van der Waals surface area contributed by atoms with Crippen molar-refractivity contribution in [3.63, 3.8) is 0 Å². The van der Waals surface area contributed by atoms with E-state index in [1.54, 1.807) is 0 Å². The number of Topliss-reactive ketones (excluding diaryl/α,β-unsaturated/α-hetero) is 1. The Morgan fingerprint density at radius 3 is 2.00 bits per heavy atom. The zero-order valence-corrected chi connectivity index (χ0v) is 18.4. The largest absolute Gasteiger partial charge is 0.465 e. The zero-order valence-electron chi connectivity index (χ0n) is 18.4. The summed E-state index contributed by atoms with van der Waals surface area (Å²) >= 11 is 0. The van der Waals surface area contributed by atoms with Crippen molar-refractivity contribution in [2.24, 2.45) is 22.7 Å². The third-order valence-electron chi connectivity index (χ3n) is 7.02. The van der Waals surface area contributed by atoms with Crippen LogP contribution >= 0.6 is 0 Å². The van der Waals surface area contributed by atoms with Crippen molar-refractivity contribution in [1.82, 2.24) is 0 Å². The van der Waals surface area contributed by atoms with Gasteiger partial charge in [0.25, 0.3) is 0 Å². The number of carbonyl (C=O) groups is 2. The van der Waals surface area contributed by atoms with Gasteiger partial charge in [0.1, 0.15) is 5.78 Å². The van der Waals surface area contributed by atoms with Crippen molar-refractivity contribution in [2.45, 2.75) is 91.9 Å². The van der Waals surface area contributed by atoms with Crippen LogP contribution in [0.15, 0.2) is 0 Å². The predicted octanol–water partition coefficient (Wildman–Crippen LogP) is 5.26. The molecule has 0 saturated carbocycles. The molecule has 0 aromatic rings. The smallest absolute Gasteiger partial charge is 0.306 e. The molecule has 2 fully saturated rings. The highest BCUT2D eigenvalue weighted by Crippen LogP contribution is 2.38. The molecule has 0 radical (unpaired) electrons. The Hall–Kier alpha value is -0.940. The molecule has 2 aliphatic rings. The van der Waals surface area contributed by atoms with Gasteiger partial charge in [-0.2, -0.15) is 0 Å². The van der Waals surface area contributed by atoms with Gasteiger partial charge in [0.2, 0.25) is 0 Å². The lowest BCUT2D eigenvalue weighted by molar-refractivity contribution is -0.331. The molecule has 0 bridgehead atoms. The van der Waals surface area contributed by atoms with Crippen molar-refractivity contribution in [3.05, 3.63) is 0 Å². The first-order valence-corrected chi connectivity index (χ1v) is 11.1. The quantitative estimate of drug-likeness (QED) is 0.256. The fourth-order valence-electron chi connectivity index (χ4n) is 4.43. The minimum atomic E-state index is -0.0687. The SMILES string of the molecule is CC(C)(CCCCC(=O)CCCCC(C)(C)C1COC(=O)C1)C1CCOOC1. The van der Waals surface area contributed by atoms with Crippen molar-refractivity contribution in [1.29, 1.82) is 0 Å². The van der Waals surface area contributed by atoms with Gasteiger partial charge in [0.05, 0.1) is 26.2 Å². The number of hydrogen-bond donors (Lipinski definition) is 0. The number of ketones is 1. The number of esters is 1. The molecule has 0 aliphatic carbocycles. The molecule has 2 rings (SSSR count). The van der Waals surface area contributed by atoms with E-state index in [2.05, 4.69) is 27.7 Å². The average molecular weight is 397 g/mol. The number of rotatable bonds is 12. The predicted molar refractivity (Wildman–Crippen MR) is 109 cm³/mol. The molecular weight excluding hydrogens is 356 g/mol. The molecule has 0 amide bonds. The van der Waals surface area contributed by atoms with Crippen molar-refractivity contribution in [3.8, 4) is 0 Å². The van der Waals surface area contributed by atoms with Crippen LogP contribution in [0, 0.1) is 22.7 Å². The lowest BCUT2D eigenvalue weighted by Gasteiger charge is -2.36. The van der Waals surface area contributed by atoms with E-state index < -0.39 is 0 Å². The molecule has 28 heavy (non-hydrogen) atoms. The fraction of sp³-hybridized carbons (Fsp3) is 0.913. The summed E-state index contributed by atoms with van der Waals surface area (Å²) in [6, 6.07) is 0. The molecule has 0 spiro atoms. The Balaban J connectivity index is 1.53. The van der Waals surface area contributed by atoms with Crippen LogP contribution in [-0.4, -0.2) is 31.6 Å². The lowest BCUT2D eigenvalue weighted by Crippen LogP contribution is -2.32. The number of unbranched alkanes of at least 4 members (excludes halogenated alkanes) is 2. The maximum Gasteiger partial charge on any atom is 0.306 e. The van der Waals surface area contributed by atoms with E-state index in [-0.39, 0.29) is 16.8 Å². The fourth-order valence-corrected chi connectivity index (χ4v) is 4.43. The Kier molecular flexibility index (Phi) is 8.94. The Morgan fingerprint density at radius 2 is 1.50 bits per heavy atom. The van der Waals surface area contributed by atoms with Gasteiger partial charge in [-0.3, -0.25) is 9.59 Å². The lowest BCUT2D eigenvalue weighted by atomic mass is 9.73. The maximum absolute atomic E-state index is 12.2. The molecule has 0 aromatic heterocycles. The summed E-state index contributed by atoms with van der Waals surface area (Å²) in [7, 11) is 0. The second-order valence-corrected chi connectivity index (χ2v) is 10.1. The molecule has 2 atom stereocenters. The molecule has 2 aliphatic heterocycles. The molecule has 2 saturated heterocycles. The van der Waals surface area contributed by atoms with Crippen LogP contribution < -0.4 is 0 Å². The molecule has 5 nitrogen and oxygen atoms in total. The normalized spacial score (nSPS) is 23.6. The summed E-state index contributed by atoms with van der Waals surface area (Å²) in [5, 5.41) is 0. The van der Waals surface area contributed by atoms with E-state index in [0.717, 1.165) is 44.9 Å². The van der Waals surface area contributed by atoms with Gasteiger partial charge >= 0.3 is 5.97 Å². The van der Waals surface area contributed by atoms with Crippen LogP contribution in [0.25, 0.3) is 0 Å². The molecule has 2 heterocycles. The number of cyclic esters (lactones) is 1. The summed E-state index contributed by atoms with van der Waals surface area (Å²) in [5.74, 6) is 1.19. The molecule has 162 valence electrons. The minimum absolute atomic E-state index is 0.0687. The first kappa shape index (κ1) is 23.3. The number of carbonyl (C=O) groups excluding carboxylic acids is 2. The summed E-state index contributed by atoms with van der Waals surface area (Å²) < 4.78 is 5.11. The van der Waals surface area contributed by atoms with Gasteiger partial charge in [0.15, 0.2) is 0 Å². The van der Waals surface area contributed by atoms with Crippen LogP contribution in [-0.2, 0) is 24.1 Å². The van der Waals surface area contributed by atoms with Crippen LogP contribution in [0.3, 0.4) is 0 Å². The highest BCUT2D eigenvalue weighted by molar-refractivity contribution is 5.78. The van der Waals surface area contributed by atoms with Crippen LogP contribution in [0.4, 0.5) is 0 Å². The van der Waals surface area contributed by atoms with Crippen LogP contribution in [0.5, 0.6) is 0 Å². The first-order valence-electron chi connectivity index (χ1n) is 11.1. The zero-order chi connectivity index (χ0) is 20.6. The summed E-state index contributed by atoms with van der Waals surface area (Å²) in [6.07, 6.45) is 9.24. The van der Waals surface area contributed by atoms with Crippen molar-refractivity contribution in [2.75, 3.05) is 19.8 Å². The summed E-state index contributed by atoms with van der Waals surface area (Å²) in [6.45, 7) is 11.0. The highest BCUT2D eigenvalue weighted by Gasteiger charge is 2.36. The van der Waals surface area contributed by atoms with E-state index in [1.807, 2.05) is 0 Å². The van der Waals surface area contributed by atoms with Gasteiger partial charge in [-0.25, -0.2) is 9.78 Å². The highest BCUT2D eigenvalue weighted by atomic mass is 17.2. The van der Waals surface area contributed by atoms with Gasteiger partial charge in [-0.05, 0) is 48.9 Å². The van der Waals surface area contributed by atoms with E-state index in [9.17, 15) is 9.59 Å². The van der Waals surface area contributed by atoms with Gasteiger partial charge in [-0.1, -0.05) is 40.5 Å². The molecular formula is C23H40O5. The van der Waals surface area contributed by atoms with Gasteiger partial charge in [-0.15, -0.1) is 0 Å². The van der Waals surface area contributed by atoms with Crippen molar-refractivity contribution < 1.29 is 24.1 Å². The third kappa shape index (κ3) is 7.47. The summed E-state index contributed by atoms with van der Waals surface area (Å²) in [4.78, 5) is 33.6. The van der Waals surface area contributed by atoms with E-state index >= 15 is 0 Å². The average Bonchev–Trinajstić information content (AvgIpc) is 3.11. The Bertz CT molecular complexity index is 505. The van der Waals surface area contributed by atoms with Gasteiger partial charge < -0.3 is 4.74 Å². The standard InChI is InChI=1S/C23H40O5/c1-22(2,18-11-14-27-28-17-18)12-7-5-9-20(24)10-6-8-13-23(3,4)19-15-21(25)26-16-19/h18-19H,5-17H2,1-4H3. The first-order chi connectivity index (χ1) is 13.2. The van der Waals surface area contributed by atoms with E-state index in [4.69, 9.17) is 14.5 Å². The van der Waals surface area contributed by atoms with E-state index in [1.165, 1.54) is 0 Å². The molecule has 0 aromatic carbocycles. The minimum Gasteiger partial charge on any atom is -0.465 e. The second-order valence-electron chi connectivity index (χ2n) is 10.1. The van der Waals surface area contributed by atoms with Crippen LogP contribution in [0.1, 0.15) is 91.9 Å². The van der Waals surface area contributed by atoms with E-state index in [0.29, 0.717) is 56.7 Å². The molecule has 5 heteroatoms. The second kappa shape index (κ2) is 10.7. The Labute approximate surface area is 170 Å². The molecule has 2 unspecified atom stereocenters. The number of ether oxygens (including phenoxy) is 1. The maximum atomic E-state index is 12.2. The molecule has 0 N–H and O–H groups in total. The van der Waals surface area contributed by atoms with Crippen LogP contribution in [0.2, 0.25) is 0 Å². The van der Waals surface area contributed by atoms with Gasteiger partial charge in [0, 0.05) is 18.8 Å². The number of hydrogen-bond acceptors (Lipinski definition) is 5. The topological polar surface area (TPSA) is 61.8 Å².